The van der Waals surface area contributed by atoms with Gasteiger partial charge >= 0.3 is 5.97 Å². The third-order valence-electron chi connectivity index (χ3n) is 3.81. The normalized spacial score (nSPS) is 15.5. The van der Waals surface area contributed by atoms with Crippen molar-refractivity contribution >= 4 is 51.4 Å². The average molecular weight is 360 g/mol. The largest absolute Gasteiger partial charge is 0.460 e. The molecule has 22 heavy (non-hydrogen) atoms. The SMILES string of the molecule is Cl.O=C(OCCN1CCCCC1)c1sc2ccccc2c1Cl. The number of rotatable bonds is 4. The van der Waals surface area contributed by atoms with E-state index in [2.05, 4.69) is 4.90 Å². The van der Waals surface area contributed by atoms with E-state index in [1.54, 1.807) is 0 Å². The van der Waals surface area contributed by atoms with E-state index in [1.807, 2.05) is 24.3 Å². The van der Waals surface area contributed by atoms with E-state index in [0.717, 1.165) is 29.7 Å². The molecule has 6 heteroatoms. The van der Waals surface area contributed by atoms with Crippen LogP contribution in [0.5, 0.6) is 0 Å². The highest BCUT2D eigenvalue weighted by Gasteiger charge is 2.18. The molecule has 0 unspecified atom stereocenters. The maximum atomic E-state index is 12.2. The maximum absolute atomic E-state index is 12.2. The standard InChI is InChI=1S/C16H18ClNO2S.ClH/c17-14-12-6-2-3-7-13(12)21-15(14)16(19)20-11-10-18-8-4-1-5-9-18;/h2-3,6-7H,1,4-5,8-11H2;1H. The molecule has 0 bridgehead atoms. The highest BCUT2D eigenvalue weighted by molar-refractivity contribution is 7.21. The first-order valence-corrected chi connectivity index (χ1v) is 8.51. The summed E-state index contributed by atoms with van der Waals surface area (Å²) in [6, 6.07) is 7.77. The highest BCUT2D eigenvalue weighted by atomic mass is 35.5. The Morgan fingerprint density at radius 2 is 1.95 bits per heavy atom. The van der Waals surface area contributed by atoms with E-state index in [9.17, 15) is 4.79 Å². The molecule has 1 saturated heterocycles. The number of nitrogens with zero attached hydrogens (tertiary/aromatic N) is 1. The Morgan fingerprint density at radius 1 is 1.23 bits per heavy atom. The van der Waals surface area contributed by atoms with Crippen LogP contribution in [0.2, 0.25) is 5.02 Å². The summed E-state index contributed by atoms with van der Waals surface area (Å²) in [4.78, 5) is 15.0. The molecule has 1 aliphatic rings. The Hall–Kier alpha value is -0.810. The van der Waals surface area contributed by atoms with Gasteiger partial charge in [-0.25, -0.2) is 4.79 Å². The van der Waals surface area contributed by atoms with Gasteiger partial charge in [0.2, 0.25) is 0 Å². The van der Waals surface area contributed by atoms with Crippen LogP contribution in [-0.4, -0.2) is 37.1 Å². The molecule has 1 aromatic heterocycles. The van der Waals surface area contributed by atoms with Crippen molar-refractivity contribution in [3.8, 4) is 0 Å². The number of likely N-dealkylation sites (tertiary alicyclic amines) is 1. The van der Waals surface area contributed by atoms with Crippen molar-refractivity contribution in [2.45, 2.75) is 19.3 Å². The third-order valence-corrected chi connectivity index (χ3v) is 5.47. The second kappa shape index (κ2) is 8.16. The van der Waals surface area contributed by atoms with Gasteiger partial charge in [-0.15, -0.1) is 23.7 Å². The minimum absolute atomic E-state index is 0. The number of hydrogen-bond acceptors (Lipinski definition) is 4. The molecule has 1 fully saturated rings. The second-order valence-electron chi connectivity index (χ2n) is 5.28. The summed E-state index contributed by atoms with van der Waals surface area (Å²) < 4.78 is 6.41. The molecular formula is C16H19Cl2NO2S. The van der Waals surface area contributed by atoms with Crippen LogP contribution in [0.4, 0.5) is 0 Å². The second-order valence-corrected chi connectivity index (χ2v) is 6.71. The first-order valence-electron chi connectivity index (χ1n) is 7.32. The Kier molecular flexibility index (Phi) is 6.50. The number of ether oxygens (including phenoxy) is 1. The minimum atomic E-state index is -0.307. The van der Waals surface area contributed by atoms with E-state index < -0.39 is 0 Å². The number of hydrogen-bond donors (Lipinski definition) is 0. The van der Waals surface area contributed by atoms with Gasteiger partial charge in [0.15, 0.2) is 0 Å². The molecule has 0 atom stereocenters. The lowest BCUT2D eigenvalue weighted by atomic mass is 10.1. The summed E-state index contributed by atoms with van der Waals surface area (Å²) in [7, 11) is 0. The Bertz CT molecular complexity index is 638. The quantitative estimate of drug-likeness (QED) is 0.745. The van der Waals surface area contributed by atoms with Gasteiger partial charge in [-0.1, -0.05) is 36.2 Å². The van der Waals surface area contributed by atoms with Crippen molar-refractivity contribution in [3.05, 3.63) is 34.2 Å². The smallest absolute Gasteiger partial charge is 0.349 e. The molecular weight excluding hydrogens is 341 g/mol. The summed E-state index contributed by atoms with van der Waals surface area (Å²) in [6.45, 7) is 3.47. The number of carbonyl (C=O) groups is 1. The molecule has 1 aromatic carbocycles. The number of halogens is 2. The lowest BCUT2D eigenvalue weighted by Gasteiger charge is -2.25. The zero-order valence-electron chi connectivity index (χ0n) is 12.2. The van der Waals surface area contributed by atoms with Crippen molar-refractivity contribution in [3.63, 3.8) is 0 Å². The van der Waals surface area contributed by atoms with Gasteiger partial charge in [0.25, 0.3) is 0 Å². The van der Waals surface area contributed by atoms with Crippen LogP contribution in [0.25, 0.3) is 10.1 Å². The molecule has 0 aliphatic carbocycles. The van der Waals surface area contributed by atoms with Crippen LogP contribution in [-0.2, 0) is 4.74 Å². The van der Waals surface area contributed by atoms with Crippen molar-refractivity contribution in [1.29, 1.82) is 0 Å². The van der Waals surface area contributed by atoms with Gasteiger partial charge in [0.1, 0.15) is 11.5 Å². The first kappa shape index (κ1) is 17.5. The molecule has 120 valence electrons. The Morgan fingerprint density at radius 3 is 2.68 bits per heavy atom. The third kappa shape index (κ3) is 3.93. The molecule has 2 heterocycles. The van der Waals surface area contributed by atoms with Gasteiger partial charge in [-0.3, -0.25) is 4.90 Å². The van der Waals surface area contributed by atoms with E-state index in [1.165, 1.54) is 30.6 Å². The summed E-state index contributed by atoms with van der Waals surface area (Å²) in [5.41, 5.74) is 0. The predicted octanol–water partition coefficient (Wildman–Crippen LogP) is 4.62. The molecule has 1 aliphatic heterocycles. The number of thiophene rings is 1. The highest BCUT2D eigenvalue weighted by Crippen LogP contribution is 2.35. The zero-order valence-corrected chi connectivity index (χ0v) is 14.6. The van der Waals surface area contributed by atoms with Gasteiger partial charge in [0, 0.05) is 16.6 Å². The number of fused-ring (bicyclic) bond motifs is 1. The Balaban J connectivity index is 0.00000176. The number of piperidine rings is 1. The molecule has 0 radical (unpaired) electrons. The van der Waals surface area contributed by atoms with Crippen LogP contribution in [0.3, 0.4) is 0 Å². The van der Waals surface area contributed by atoms with E-state index >= 15 is 0 Å². The van der Waals surface area contributed by atoms with Gasteiger partial charge in [-0.2, -0.15) is 0 Å². The molecule has 3 rings (SSSR count). The number of carbonyl (C=O) groups excluding carboxylic acids is 1. The van der Waals surface area contributed by atoms with Gasteiger partial charge in [0.05, 0.1) is 5.02 Å². The lowest BCUT2D eigenvalue weighted by Crippen LogP contribution is -2.33. The molecule has 0 spiro atoms. The predicted molar refractivity (Wildman–Crippen MR) is 94.7 cm³/mol. The Labute approximate surface area is 145 Å². The zero-order chi connectivity index (χ0) is 14.7. The monoisotopic (exact) mass is 359 g/mol. The van der Waals surface area contributed by atoms with E-state index in [4.69, 9.17) is 16.3 Å². The fourth-order valence-electron chi connectivity index (χ4n) is 2.66. The van der Waals surface area contributed by atoms with Gasteiger partial charge in [-0.05, 0) is 32.0 Å². The topological polar surface area (TPSA) is 29.5 Å². The fraction of sp³-hybridized carbons (Fsp3) is 0.438. The summed E-state index contributed by atoms with van der Waals surface area (Å²) in [5.74, 6) is -0.307. The fourth-order valence-corrected chi connectivity index (χ4v) is 4.06. The molecule has 3 nitrogen and oxygen atoms in total. The van der Waals surface area contributed by atoms with Crippen LogP contribution in [0.15, 0.2) is 24.3 Å². The van der Waals surface area contributed by atoms with Crippen LogP contribution in [0.1, 0.15) is 28.9 Å². The van der Waals surface area contributed by atoms with Gasteiger partial charge < -0.3 is 4.74 Å². The van der Waals surface area contributed by atoms with Crippen molar-refractivity contribution in [2.75, 3.05) is 26.2 Å². The van der Waals surface area contributed by atoms with Crippen LogP contribution < -0.4 is 0 Å². The lowest BCUT2D eigenvalue weighted by molar-refractivity contribution is 0.0458. The molecule has 2 aromatic rings. The molecule has 0 amide bonds. The summed E-state index contributed by atoms with van der Waals surface area (Å²) in [6.07, 6.45) is 3.81. The summed E-state index contributed by atoms with van der Waals surface area (Å²) in [5, 5.41) is 1.44. The summed E-state index contributed by atoms with van der Waals surface area (Å²) >= 11 is 7.68. The van der Waals surface area contributed by atoms with E-state index in [-0.39, 0.29) is 18.4 Å². The van der Waals surface area contributed by atoms with Crippen molar-refractivity contribution in [1.82, 2.24) is 4.90 Å². The van der Waals surface area contributed by atoms with Crippen LogP contribution >= 0.6 is 35.3 Å². The molecule has 0 saturated carbocycles. The number of benzene rings is 1. The van der Waals surface area contributed by atoms with Crippen molar-refractivity contribution < 1.29 is 9.53 Å². The van der Waals surface area contributed by atoms with Crippen molar-refractivity contribution in [2.24, 2.45) is 0 Å². The first-order chi connectivity index (χ1) is 10.3. The van der Waals surface area contributed by atoms with E-state index in [0.29, 0.717) is 16.5 Å². The number of esters is 1. The minimum Gasteiger partial charge on any atom is -0.460 e. The van der Waals surface area contributed by atoms with Crippen LogP contribution in [0, 0.1) is 0 Å². The average Bonchev–Trinajstić information content (AvgIpc) is 2.86. The molecule has 0 N–H and O–H groups in total. The maximum Gasteiger partial charge on any atom is 0.349 e.